The minimum Gasteiger partial charge on any atom is -0.314 e. The number of alkyl halides is 3. The molecule has 2 N–H and O–H groups in total. The number of nitrogens with two attached hydrogens (primary N) is 1. The Labute approximate surface area is 115 Å². The monoisotopic (exact) mass is 311 g/mol. The van der Waals surface area contributed by atoms with Crippen molar-refractivity contribution >= 4 is 7.60 Å². The molecule has 0 fully saturated rings. The van der Waals surface area contributed by atoms with Crippen molar-refractivity contribution in [1.29, 1.82) is 0 Å². The first-order chi connectivity index (χ1) is 9.26. The molecule has 1 rings (SSSR count). The van der Waals surface area contributed by atoms with E-state index in [1.165, 1.54) is 18.2 Å². The molecule has 1 aromatic rings. The van der Waals surface area contributed by atoms with E-state index in [1.54, 1.807) is 13.8 Å². The number of hydrogen-bond donors (Lipinski definition) is 1. The van der Waals surface area contributed by atoms with Gasteiger partial charge in [-0.1, -0.05) is 18.2 Å². The second-order valence-electron chi connectivity index (χ2n) is 3.91. The topological polar surface area (TPSA) is 61.5 Å². The van der Waals surface area contributed by atoms with Gasteiger partial charge in [0.25, 0.3) is 0 Å². The van der Waals surface area contributed by atoms with Crippen molar-refractivity contribution in [3.63, 3.8) is 0 Å². The van der Waals surface area contributed by atoms with Gasteiger partial charge in [0.05, 0.1) is 18.8 Å². The van der Waals surface area contributed by atoms with E-state index in [1.807, 2.05) is 0 Å². The quantitative estimate of drug-likeness (QED) is 0.809. The average molecular weight is 311 g/mol. The molecule has 0 aliphatic carbocycles. The Hall–Kier alpha value is -0.880. The fraction of sp³-hybridized carbons (Fsp3) is 0.500. The number of rotatable bonds is 6. The lowest BCUT2D eigenvalue weighted by Crippen LogP contribution is -2.19. The van der Waals surface area contributed by atoms with Crippen LogP contribution in [0.4, 0.5) is 13.2 Å². The molecule has 1 aromatic carbocycles. The summed E-state index contributed by atoms with van der Waals surface area (Å²) in [5.41, 5.74) is 4.49. The summed E-state index contributed by atoms with van der Waals surface area (Å²) in [4.78, 5) is 0. The van der Waals surface area contributed by atoms with Gasteiger partial charge in [0.2, 0.25) is 0 Å². The molecule has 114 valence electrons. The molecule has 20 heavy (non-hydrogen) atoms. The van der Waals surface area contributed by atoms with Crippen LogP contribution >= 0.6 is 7.60 Å². The van der Waals surface area contributed by atoms with Crippen molar-refractivity contribution in [2.75, 3.05) is 13.2 Å². The van der Waals surface area contributed by atoms with Gasteiger partial charge in [0, 0.05) is 0 Å². The molecule has 0 heterocycles. The van der Waals surface area contributed by atoms with Crippen LogP contribution in [0.15, 0.2) is 24.3 Å². The standard InChI is InChI=1S/C12H17F3NO3P/c1-3-18-20(17,19-4-2)11(16)9-7-5-6-8-10(9)12(13,14)15/h5-8,11H,3-4,16H2,1-2H3/t11-/m0/s1. The first-order valence-electron chi connectivity index (χ1n) is 6.06. The first kappa shape index (κ1) is 17.2. The fourth-order valence-electron chi connectivity index (χ4n) is 1.74. The third-order valence-electron chi connectivity index (χ3n) is 2.54. The highest BCUT2D eigenvalue weighted by atomic mass is 31.2. The van der Waals surface area contributed by atoms with E-state index in [-0.39, 0.29) is 18.8 Å². The predicted octanol–water partition coefficient (Wildman–Crippen LogP) is 3.93. The second kappa shape index (κ2) is 6.72. The molecular formula is C12H17F3NO3P. The lowest BCUT2D eigenvalue weighted by atomic mass is 10.1. The van der Waals surface area contributed by atoms with Gasteiger partial charge in [0.15, 0.2) is 0 Å². The van der Waals surface area contributed by atoms with Crippen LogP contribution in [-0.4, -0.2) is 13.2 Å². The van der Waals surface area contributed by atoms with Crippen LogP contribution < -0.4 is 5.73 Å². The predicted molar refractivity (Wildman–Crippen MR) is 69.2 cm³/mol. The van der Waals surface area contributed by atoms with Crippen molar-refractivity contribution in [2.45, 2.75) is 25.8 Å². The Morgan fingerprint density at radius 2 is 1.70 bits per heavy atom. The molecule has 4 nitrogen and oxygen atoms in total. The molecule has 0 bridgehead atoms. The zero-order valence-corrected chi connectivity index (χ0v) is 12.1. The number of benzene rings is 1. The summed E-state index contributed by atoms with van der Waals surface area (Å²) < 4.78 is 61.3. The van der Waals surface area contributed by atoms with Crippen molar-refractivity contribution in [1.82, 2.24) is 0 Å². The molecule has 0 radical (unpaired) electrons. The minimum atomic E-state index is -4.59. The number of halogens is 3. The summed E-state index contributed by atoms with van der Waals surface area (Å²) >= 11 is 0. The summed E-state index contributed by atoms with van der Waals surface area (Å²) in [6.45, 7) is 3.18. The summed E-state index contributed by atoms with van der Waals surface area (Å²) in [5, 5.41) is 0. The van der Waals surface area contributed by atoms with Gasteiger partial charge in [-0.3, -0.25) is 4.57 Å². The summed E-state index contributed by atoms with van der Waals surface area (Å²) in [5.74, 6) is -1.49. The highest BCUT2D eigenvalue weighted by molar-refractivity contribution is 7.54. The van der Waals surface area contributed by atoms with E-state index in [9.17, 15) is 17.7 Å². The Balaban J connectivity index is 3.26. The number of hydrogen-bond acceptors (Lipinski definition) is 4. The van der Waals surface area contributed by atoms with Crippen LogP contribution in [0.2, 0.25) is 0 Å². The summed E-state index contributed by atoms with van der Waals surface area (Å²) in [6, 6.07) is 4.70. The van der Waals surface area contributed by atoms with E-state index in [2.05, 4.69) is 0 Å². The van der Waals surface area contributed by atoms with Crippen molar-refractivity contribution in [3.8, 4) is 0 Å². The summed E-state index contributed by atoms with van der Waals surface area (Å²) in [7, 11) is -3.85. The van der Waals surface area contributed by atoms with E-state index >= 15 is 0 Å². The van der Waals surface area contributed by atoms with Gasteiger partial charge in [-0.15, -0.1) is 0 Å². The fourth-order valence-corrected chi connectivity index (χ4v) is 3.42. The molecule has 0 saturated carbocycles. The van der Waals surface area contributed by atoms with Gasteiger partial charge in [-0.25, -0.2) is 0 Å². The van der Waals surface area contributed by atoms with Crippen LogP contribution in [0.1, 0.15) is 30.8 Å². The SMILES string of the molecule is CCOP(=O)(OCC)[C@H](N)c1ccccc1C(F)(F)F. The zero-order valence-electron chi connectivity index (χ0n) is 11.2. The van der Waals surface area contributed by atoms with Crippen LogP contribution in [-0.2, 0) is 19.8 Å². The third-order valence-corrected chi connectivity index (χ3v) is 4.74. The highest BCUT2D eigenvalue weighted by Crippen LogP contribution is 2.59. The van der Waals surface area contributed by atoms with Crippen LogP contribution in [0.3, 0.4) is 0 Å². The molecule has 0 saturated heterocycles. The normalized spacial score (nSPS) is 14.3. The summed E-state index contributed by atoms with van der Waals surface area (Å²) in [6.07, 6.45) is -4.59. The van der Waals surface area contributed by atoms with Crippen LogP contribution in [0, 0.1) is 0 Å². The molecule has 0 spiro atoms. The smallest absolute Gasteiger partial charge is 0.314 e. The van der Waals surface area contributed by atoms with Gasteiger partial charge < -0.3 is 14.8 Å². The highest BCUT2D eigenvalue weighted by Gasteiger charge is 2.41. The maximum Gasteiger partial charge on any atom is 0.416 e. The van der Waals surface area contributed by atoms with E-state index in [4.69, 9.17) is 14.8 Å². The molecule has 0 aliphatic heterocycles. The van der Waals surface area contributed by atoms with E-state index in [0.29, 0.717) is 0 Å². The van der Waals surface area contributed by atoms with E-state index in [0.717, 1.165) is 6.07 Å². The van der Waals surface area contributed by atoms with Crippen LogP contribution in [0.25, 0.3) is 0 Å². The lowest BCUT2D eigenvalue weighted by molar-refractivity contribution is -0.138. The minimum absolute atomic E-state index is 0.0269. The first-order valence-corrected chi connectivity index (χ1v) is 7.68. The zero-order chi connectivity index (χ0) is 15.4. The molecule has 0 amide bonds. The lowest BCUT2D eigenvalue weighted by Gasteiger charge is -2.25. The Morgan fingerprint density at radius 1 is 1.20 bits per heavy atom. The third kappa shape index (κ3) is 3.82. The maximum atomic E-state index is 12.9. The molecular weight excluding hydrogens is 294 g/mol. The maximum absolute atomic E-state index is 12.9. The molecule has 1 atom stereocenters. The van der Waals surface area contributed by atoms with Crippen molar-refractivity contribution < 1.29 is 26.8 Å². The molecule has 0 aromatic heterocycles. The van der Waals surface area contributed by atoms with Gasteiger partial charge in [-0.05, 0) is 25.5 Å². The molecule has 8 heteroatoms. The van der Waals surface area contributed by atoms with Crippen LogP contribution in [0.5, 0.6) is 0 Å². The average Bonchev–Trinajstić information content (AvgIpc) is 2.37. The Morgan fingerprint density at radius 3 is 2.15 bits per heavy atom. The van der Waals surface area contributed by atoms with Gasteiger partial charge in [0.1, 0.15) is 5.78 Å². The van der Waals surface area contributed by atoms with Crippen molar-refractivity contribution in [3.05, 3.63) is 35.4 Å². The molecule has 0 unspecified atom stereocenters. The molecule has 0 aliphatic rings. The largest absolute Gasteiger partial charge is 0.416 e. The van der Waals surface area contributed by atoms with E-state index < -0.39 is 25.1 Å². The Bertz CT molecular complexity index is 483. The van der Waals surface area contributed by atoms with Gasteiger partial charge >= 0.3 is 13.8 Å². The van der Waals surface area contributed by atoms with Gasteiger partial charge in [-0.2, -0.15) is 13.2 Å². The second-order valence-corrected chi connectivity index (χ2v) is 6.06. The van der Waals surface area contributed by atoms with Crippen molar-refractivity contribution in [2.24, 2.45) is 5.73 Å². The Kier molecular flexibility index (Phi) is 5.77.